The van der Waals surface area contributed by atoms with Crippen LogP contribution in [0.2, 0.25) is 0 Å². The van der Waals surface area contributed by atoms with E-state index in [2.05, 4.69) is 9.98 Å². The number of nitrogens with two attached hydrogens (primary N) is 3. The predicted molar refractivity (Wildman–Crippen MR) is 140 cm³/mol. The van der Waals surface area contributed by atoms with Crippen molar-refractivity contribution < 1.29 is 14.4 Å². The monoisotopic (exact) mass is 484 g/mol. The van der Waals surface area contributed by atoms with Crippen molar-refractivity contribution in [1.29, 1.82) is 0 Å². The summed E-state index contributed by atoms with van der Waals surface area (Å²) in [5.41, 5.74) is 22.6. The summed E-state index contributed by atoms with van der Waals surface area (Å²) in [6.45, 7) is 2.64. The van der Waals surface area contributed by atoms with E-state index in [1.807, 2.05) is 37.3 Å². The van der Waals surface area contributed by atoms with Gasteiger partial charge >= 0.3 is 0 Å². The quantitative estimate of drug-likeness (QED) is 0.328. The van der Waals surface area contributed by atoms with Gasteiger partial charge in [-0.1, -0.05) is 31.2 Å². The van der Waals surface area contributed by atoms with Gasteiger partial charge in [-0.05, 0) is 47.9 Å². The maximum absolute atomic E-state index is 13.4. The van der Waals surface area contributed by atoms with E-state index in [0.29, 0.717) is 34.9 Å². The molecule has 2 heterocycles. The first-order chi connectivity index (χ1) is 17.3. The van der Waals surface area contributed by atoms with Crippen LogP contribution < -0.4 is 17.2 Å². The molecule has 9 heteroatoms. The Bertz CT molecular complexity index is 1350. The van der Waals surface area contributed by atoms with Gasteiger partial charge in [0.2, 0.25) is 5.91 Å². The van der Waals surface area contributed by atoms with E-state index < -0.39 is 5.91 Å². The van der Waals surface area contributed by atoms with Crippen LogP contribution in [-0.4, -0.2) is 34.2 Å². The second-order valence-electron chi connectivity index (χ2n) is 8.47. The van der Waals surface area contributed by atoms with E-state index in [0.717, 1.165) is 28.7 Å². The van der Waals surface area contributed by atoms with Crippen molar-refractivity contribution in [3.63, 3.8) is 0 Å². The van der Waals surface area contributed by atoms with E-state index in [1.54, 1.807) is 30.5 Å². The summed E-state index contributed by atoms with van der Waals surface area (Å²) in [5.74, 6) is -0.507. The third kappa shape index (κ3) is 5.76. The second-order valence-corrected chi connectivity index (χ2v) is 8.47. The molecule has 0 saturated heterocycles. The number of benzene rings is 2. The number of anilines is 1. The highest BCUT2D eigenvalue weighted by molar-refractivity contribution is 6.05. The predicted octanol–water partition coefficient (Wildman–Crippen LogP) is 3.58. The number of pyridine rings is 1. The lowest BCUT2D eigenvalue weighted by molar-refractivity contribution is -0.187. The Kier molecular flexibility index (Phi) is 7.41. The van der Waals surface area contributed by atoms with Crippen LogP contribution in [0.4, 0.5) is 11.4 Å². The Hall–Kier alpha value is -4.50. The molecule has 6 N–H and O–H groups in total. The molecule has 1 aromatic heterocycles. The average molecular weight is 485 g/mol. The summed E-state index contributed by atoms with van der Waals surface area (Å²) in [4.78, 5) is 39.4. The Balaban J connectivity index is 1.59. The van der Waals surface area contributed by atoms with E-state index >= 15 is 0 Å². The molecule has 1 aliphatic rings. The number of hydrogen-bond donors (Lipinski definition) is 3. The van der Waals surface area contributed by atoms with Crippen LogP contribution in [0.1, 0.15) is 41.3 Å². The van der Waals surface area contributed by atoms with Crippen molar-refractivity contribution in [2.45, 2.75) is 26.4 Å². The molecule has 0 aliphatic carbocycles. The fraction of sp³-hybridized carbons (Fsp3) is 0.185. The van der Waals surface area contributed by atoms with Crippen molar-refractivity contribution in [2.24, 2.45) is 16.5 Å². The topological polar surface area (TPSA) is 150 Å². The summed E-state index contributed by atoms with van der Waals surface area (Å²) < 4.78 is 0. The maximum atomic E-state index is 13.4. The average Bonchev–Trinajstić information content (AvgIpc) is 3.04. The minimum Gasteiger partial charge on any atom is -0.399 e. The molecule has 2 amide bonds. The molecular weight excluding hydrogens is 456 g/mol. The third-order valence-corrected chi connectivity index (χ3v) is 5.65. The van der Waals surface area contributed by atoms with E-state index in [1.165, 1.54) is 11.3 Å². The van der Waals surface area contributed by atoms with E-state index in [9.17, 15) is 9.59 Å². The summed E-state index contributed by atoms with van der Waals surface area (Å²) in [6, 6.07) is 14.6. The van der Waals surface area contributed by atoms with Gasteiger partial charge in [-0.15, -0.1) is 0 Å². The number of rotatable bonds is 8. The zero-order chi connectivity index (χ0) is 25.7. The molecule has 4 rings (SSSR count). The standard InChI is InChI=1S/C27H28N6O3/c1-2-9-33(36-16-17-3-7-23(28)8-4-17)27(35)20-10-19-6-5-18(12-24(19)32-25(29)13-20)21-11-22(26(30)34)15-31-14-21/h3-8,10-12,14-15H,2,9,13,16,28H2,1H3,(H2,29,32)(H2,30,34). The Morgan fingerprint density at radius 1 is 1.03 bits per heavy atom. The first kappa shape index (κ1) is 24.6. The zero-order valence-corrected chi connectivity index (χ0v) is 20.0. The lowest BCUT2D eigenvalue weighted by atomic mass is 10.0. The minimum absolute atomic E-state index is 0.188. The van der Waals surface area contributed by atoms with Crippen molar-refractivity contribution in [3.05, 3.63) is 83.2 Å². The van der Waals surface area contributed by atoms with Crippen LogP contribution in [0, 0.1) is 0 Å². The molecule has 0 atom stereocenters. The van der Waals surface area contributed by atoms with Crippen LogP contribution in [0.25, 0.3) is 17.2 Å². The van der Waals surface area contributed by atoms with Crippen molar-refractivity contribution in [1.82, 2.24) is 10.0 Å². The van der Waals surface area contributed by atoms with Crippen LogP contribution >= 0.6 is 0 Å². The maximum Gasteiger partial charge on any atom is 0.273 e. The number of carbonyl (C=O) groups excluding carboxylic acids is 2. The Morgan fingerprint density at radius 2 is 1.81 bits per heavy atom. The highest BCUT2D eigenvalue weighted by atomic mass is 16.7. The van der Waals surface area contributed by atoms with Crippen LogP contribution in [0.3, 0.4) is 0 Å². The molecule has 36 heavy (non-hydrogen) atoms. The number of hydrogen-bond acceptors (Lipinski definition) is 7. The summed E-state index contributed by atoms with van der Waals surface area (Å²) in [5, 5.41) is 1.37. The van der Waals surface area contributed by atoms with Gasteiger partial charge in [0, 0.05) is 47.7 Å². The number of fused-ring (bicyclic) bond motifs is 1. The number of nitrogen functional groups attached to an aromatic ring is 1. The van der Waals surface area contributed by atoms with Gasteiger partial charge in [-0.2, -0.15) is 0 Å². The van der Waals surface area contributed by atoms with Gasteiger partial charge in [0.25, 0.3) is 5.91 Å². The first-order valence-corrected chi connectivity index (χ1v) is 11.6. The van der Waals surface area contributed by atoms with Gasteiger partial charge < -0.3 is 17.2 Å². The molecule has 0 spiro atoms. The SMILES string of the molecule is CCCN(OCc1ccc(N)cc1)C(=O)C1=Cc2ccc(-c3cncc(C(N)=O)c3)cc2N=C(N)C1. The molecule has 0 radical (unpaired) electrons. The lowest BCUT2D eigenvalue weighted by Gasteiger charge is -2.22. The minimum atomic E-state index is -0.553. The fourth-order valence-electron chi connectivity index (χ4n) is 3.79. The van der Waals surface area contributed by atoms with Crippen LogP contribution in [-0.2, 0) is 16.2 Å². The molecule has 9 nitrogen and oxygen atoms in total. The van der Waals surface area contributed by atoms with Crippen LogP contribution in [0.5, 0.6) is 0 Å². The summed E-state index contributed by atoms with van der Waals surface area (Å²) in [6.07, 6.45) is 5.76. The fourth-order valence-corrected chi connectivity index (χ4v) is 3.79. The number of carbonyl (C=O) groups is 2. The van der Waals surface area contributed by atoms with E-state index in [4.69, 9.17) is 22.0 Å². The number of aromatic nitrogens is 1. The molecule has 0 fully saturated rings. The molecule has 0 bridgehead atoms. The van der Waals surface area contributed by atoms with Crippen molar-refractivity contribution >= 4 is 35.1 Å². The first-order valence-electron chi connectivity index (χ1n) is 11.6. The highest BCUT2D eigenvalue weighted by Crippen LogP contribution is 2.32. The van der Waals surface area contributed by atoms with Crippen molar-refractivity contribution in [3.8, 4) is 11.1 Å². The van der Waals surface area contributed by atoms with Gasteiger partial charge in [-0.25, -0.2) is 10.1 Å². The molecule has 0 unspecified atom stereocenters. The third-order valence-electron chi connectivity index (χ3n) is 5.65. The number of amidine groups is 1. The molecule has 184 valence electrons. The second kappa shape index (κ2) is 10.8. The molecule has 3 aromatic rings. The lowest BCUT2D eigenvalue weighted by Crippen LogP contribution is -2.34. The van der Waals surface area contributed by atoms with Gasteiger partial charge in [-0.3, -0.25) is 19.4 Å². The highest BCUT2D eigenvalue weighted by Gasteiger charge is 2.22. The zero-order valence-electron chi connectivity index (χ0n) is 20.0. The molecular formula is C27H28N6O3. The summed E-state index contributed by atoms with van der Waals surface area (Å²) >= 11 is 0. The number of amides is 2. The number of aliphatic imine (C=N–C) groups is 1. The van der Waals surface area contributed by atoms with Gasteiger partial charge in [0.15, 0.2) is 0 Å². The number of primary amides is 1. The normalized spacial score (nSPS) is 12.7. The summed E-state index contributed by atoms with van der Waals surface area (Å²) in [7, 11) is 0. The smallest absolute Gasteiger partial charge is 0.273 e. The molecule has 1 aliphatic heterocycles. The Labute approximate surface area is 209 Å². The number of nitrogens with zero attached hydrogens (tertiary/aromatic N) is 3. The number of hydroxylamine groups is 2. The Morgan fingerprint density at radius 3 is 2.53 bits per heavy atom. The molecule has 2 aromatic carbocycles. The van der Waals surface area contributed by atoms with Gasteiger partial charge in [0.1, 0.15) is 12.4 Å². The largest absolute Gasteiger partial charge is 0.399 e. The molecule has 0 saturated carbocycles. The van der Waals surface area contributed by atoms with Crippen LogP contribution in [0.15, 0.2) is 71.5 Å². The van der Waals surface area contributed by atoms with Gasteiger partial charge in [0.05, 0.1) is 11.3 Å². The van der Waals surface area contributed by atoms with Crippen molar-refractivity contribution in [2.75, 3.05) is 12.3 Å². The van der Waals surface area contributed by atoms with E-state index in [-0.39, 0.29) is 18.9 Å².